The first-order valence-electron chi connectivity index (χ1n) is 8.29. The molecule has 0 unspecified atom stereocenters. The van der Waals surface area contributed by atoms with Gasteiger partial charge in [-0.2, -0.15) is 5.26 Å². The zero-order chi connectivity index (χ0) is 18.8. The van der Waals surface area contributed by atoms with E-state index in [1.807, 2.05) is 36.4 Å². The lowest BCUT2D eigenvalue weighted by Crippen LogP contribution is -1.99. The quantitative estimate of drug-likeness (QED) is 0.589. The second kappa shape index (κ2) is 6.81. The number of nitrogens with zero attached hydrogens (tertiary/aromatic N) is 4. The highest BCUT2D eigenvalue weighted by atomic mass is 19.1. The fourth-order valence-electron chi connectivity index (χ4n) is 2.91. The number of rotatable bonds is 3. The van der Waals surface area contributed by atoms with Gasteiger partial charge in [0.1, 0.15) is 17.7 Å². The first kappa shape index (κ1) is 16.6. The smallest absolute Gasteiger partial charge is 0.163 e. The predicted molar refractivity (Wildman–Crippen MR) is 102 cm³/mol. The van der Waals surface area contributed by atoms with E-state index >= 15 is 0 Å². The van der Waals surface area contributed by atoms with Crippen LogP contribution in [-0.4, -0.2) is 22.0 Å². The number of anilines is 1. The summed E-state index contributed by atoms with van der Waals surface area (Å²) in [5.41, 5.74) is 3.24. The van der Waals surface area contributed by atoms with Crippen LogP contribution in [0.5, 0.6) is 0 Å². The second-order valence-electron chi connectivity index (χ2n) is 5.93. The monoisotopic (exact) mass is 355 g/mol. The average Bonchev–Trinajstić information content (AvgIpc) is 2.73. The Morgan fingerprint density at radius 1 is 1.00 bits per heavy atom. The Hall–Kier alpha value is -3.85. The van der Waals surface area contributed by atoms with E-state index in [2.05, 4.69) is 20.3 Å². The van der Waals surface area contributed by atoms with Crippen molar-refractivity contribution in [2.75, 3.05) is 12.4 Å². The van der Waals surface area contributed by atoms with Gasteiger partial charge in [-0.25, -0.2) is 14.4 Å². The Labute approximate surface area is 155 Å². The highest BCUT2D eigenvalue weighted by Crippen LogP contribution is 2.30. The molecule has 0 bridgehead atoms. The van der Waals surface area contributed by atoms with Crippen molar-refractivity contribution < 1.29 is 4.39 Å². The molecule has 4 aromatic rings. The molecule has 130 valence electrons. The predicted octanol–water partition coefficient (Wildman–Crippen LogP) is 4.41. The van der Waals surface area contributed by atoms with Gasteiger partial charge in [-0.15, -0.1) is 0 Å². The summed E-state index contributed by atoms with van der Waals surface area (Å²) >= 11 is 0. The van der Waals surface area contributed by atoms with Gasteiger partial charge in [-0.05, 0) is 47.5 Å². The van der Waals surface area contributed by atoms with E-state index < -0.39 is 5.82 Å². The number of fused-ring (bicyclic) bond motifs is 1. The van der Waals surface area contributed by atoms with Crippen LogP contribution in [0.4, 0.5) is 10.2 Å². The minimum absolute atomic E-state index is 0.0182. The maximum absolute atomic E-state index is 13.6. The number of aromatic nitrogens is 3. The third kappa shape index (κ3) is 3.07. The lowest BCUT2D eigenvalue weighted by molar-refractivity contribution is 0.624. The zero-order valence-electron chi connectivity index (χ0n) is 14.4. The topological polar surface area (TPSA) is 74.5 Å². The molecule has 0 atom stereocenters. The summed E-state index contributed by atoms with van der Waals surface area (Å²) in [7, 11) is 1.80. The van der Waals surface area contributed by atoms with Crippen molar-refractivity contribution in [2.24, 2.45) is 0 Å². The summed E-state index contributed by atoms with van der Waals surface area (Å²) in [6, 6.07) is 15.8. The molecule has 5 nitrogen and oxygen atoms in total. The summed E-state index contributed by atoms with van der Waals surface area (Å²) in [5, 5.41) is 13.0. The molecule has 0 aliphatic heterocycles. The van der Waals surface area contributed by atoms with E-state index in [4.69, 9.17) is 5.26 Å². The molecule has 6 heteroatoms. The van der Waals surface area contributed by atoms with Crippen LogP contribution < -0.4 is 5.32 Å². The van der Waals surface area contributed by atoms with E-state index in [9.17, 15) is 4.39 Å². The van der Waals surface area contributed by atoms with Gasteiger partial charge in [-0.1, -0.05) is 12.1 Å². The van der Waals surface area contributed by atoms with E-state index in [0.717, 1.165) is 27.6 Å². The molecule has 2 aromatic carbocycles. The summed E-state index contributed by atoms with van der Waals surface area (Å²) in [5.74, 6) is 0.743. The molecule has 0 aliphatic rings. The van der Waals surface area contributed by atoms with E-state index in [1.54, 1.807) is 31.6 Å². The van der Waals surface area contributed by atoms with Crippen molar-refractivity contribution in [1.29, 1.82) is 5.26 Å². The van der Waals surface area contributed by atoms with Gasteiger partial charge in [0.05, 0.1) is 11.1 Å². The van der Waals surface area contributed by atoms with Gasteiger partial charge in [0.15, 0.2) is 5.82 Å². The number of benzene rings is 2. The molecule has 0 aliphatic carbocycles. The molecule has 4 rings (SSSR count). The standard InChI is InChI=1S/C21H14FN5/c1-24-21-17-10-14(13-4-6-18(22)16(9-13)11-23)5-7-19(17)26-20(27-21)15-3-2-8-25-12-15/h2-10,12H,1H3,(H,24,26,27). The minimum atomic E-state index is -0.526. The molecular weight excluding hydrogens is 341 g/mol. The van der Waals surface area contributed by atoms with Crippen LogP contribution in [-0.2, 0) is 0 Å². The van der Waals surface area contributed by atoms with E-state index in [0.29, 0.717) is 11.6 Å². The average molecular weight is 355 g/mol. The lowest BCUT2D eigenvalue weighted by Gasteiger charge is -2.10. The fraction of sp³-hybridized carbons (Fsp3) is 0.0476. The number of hydrogen-bond donors (Lipinski definition) is 1. The summed E-state index contributed by atoms with van der Waals surface area (Å²) in [4.78, 5) is 13.3. The molecule has 0 amide bonds. The Balaban J connectivity index is 1.87. The highest BCUT2D eigenvalue weighted by molar-refractivity contribution is 5.94. The van der Waals surface area contributed by atoms with Crippen LogP contribution in [0.1, 0.15) is 5.56 Å². The molecule has 0 radical (unpaired) electrons. The first-order chi connectivity index (χ1) is 13.2. The van der Waals surface area contributed by atoms with Crippen molar-refractivity contribution in [3.05, 3.63) is 72.3 Å². The zero-order valence-corrected chi connectivity index (χ0v) is 14.4. The highest BCUT2D eigenvalue weighted by Gasteiger charge is 2.11. The number of pyridine rings is 1. The Kier molecular flexibility index (Phi) is 4.19. The summed E-state index contributed by atoms with van der Waals surface area (Å²) < 4.78 is 13.6. The van der Waals surface area contributed by atoms with Gasteiger partial charge in [0.25, 0.3) is 0 Å². The Bertz CT molecular complexity index is 1180. The molecule has 1 N–H and O–H groups in total. The van der Waals surface area contributed by atoms with Crippen LogP contribution in [0.15, 0.2) is 60.9 Å². The largest absolute Gasteiger partial charge is 0.373 e. The van der Waals surface area contributed by atoms with Crippen molar-refractivity contribution in [3.8, 4) is 28.6 Å². The Morgan fingerprint density at radius 2 is 1.81 bits per heavy atom. The van der Waals surface area contributed by atoms with Gasteiger partial charge in [0.2, 0.25) is 0 Å². The van der Waals surface area contributed by atoms with E-state index in [1.165, 1.54) is 6.07 Å². The minimum Gasteiger partial charge on any atom is -0.373 e. The van der Waals surface area contributed by atoms with Gasteiger partial charge in [0, 0.05) is 30.4 Å². The summed E-state index contributed by atoms with van der Waals surface area (Å²) in [6.45, 7) is 0. The molecule has 0 saturated heterocycles. The third-order valence-electron chi connectivity index (χ3n) is 4.27. The Morgan fingerprint density at radius 3 is 2.56 bits per heavy atom. The van der Waals surface area contributed by atoms with Crippen molar-refractivity contribution in [1.82, 2.24) is 15.0 Å². The van der Waals surface area contributed by atoms with E-state index in [-0.39, 0.29) is 5.56 Å². The second-order valence-corrected chi connectivity index (χ2v) is 5.93. The first-order valence-corrected chi connectivity index (χ1v) is 8.29. The molecular formula is C21H14FN5. The van der Waals surface area contributed by atoms with Gasteiger partial charge >= 0.3 is 0 Å². The van der Waals surface area contributed by atoms with Crippen molar-refractivity contribution in [3.63, 3.8) is 0 Å². The van der Waals surface area contributed by atoms with Gasteiger partial charge < -0.3 is 5.32 Å². The number of halogens is 1. The molecule has 0 fully saturated rings. The van der Waals surface area contributed by atoms with Crippen LogP contribution in [0.3, 0.4) is 0 Å². The van der Waals surface area contributed by atoms with Crippen LogP contribution >= 0.6 is 0 Å². The van der Waals surface area contributed by atoms with Crippen LogP contribution in [0, 0.1) is 17.1 Å². The molecule has 0 saturated carbocycles. The fourth-order valence-corrected chi connectivity index (χ4v) is 2.91. The number of nitriles is 1. The molecule has 2 heterocycles. The molecule has 27 heavy (non-hydrogen) atoms. The normalized spacial score (nSPS) is 10.6. The van der Waals surface area contributed by atoms with Gasteiger partial charge in [-0.3, -0.25) is 4.98 Å². The van der Waals surface area contributed by atoms with Crippen LogP contribution in [0.25, 0.3) is 33.4 Å². The summed E-state index contributed by atoms with van der Waals surface area (Å²) in [6.07, 6.45) is 3.42. The van der Waals surface area contributed by atoms with Crippen molar-refractivity contribution >= 4 is 16.7 Å². The van der Waals surface area contributed by atoms with Crippen molar-refractivity contribution in [2.45, 2.75) is 0 Å². The lowest BCUT2D eigenvalue weighted by atomic mass is 10.0. The molecule has 2 aromatic heterocycles. The maximum Gasteiger partial charge on any atom is 0.163 e. The molecule has 0 spiro atoms. The third-order valence-corrected chi connectivity index (χ3v) is 4.27. The SMILES string of the molecule is CNc1nc(-c2cccnc2)nc2ccc(-c3ccc(F)c(C#N)c3)cc12. The number of hydrogen-bond acceptors (Lipinski definition) is 5. The van der Waals surface area contributed by atoms with Crippen LogP contribution in [0.2, 0.25) is 0 Å². The number of nitrogens with one attached hydrogen (secondary N) is 1. The maximum atomic E-state index is 13.6.